The monoisotopic (exact) mass is 272 g/mol. The molecule has 0 aliphatic rings. The lowest BCUT2D eigenvalue weighted by atomic mass is 10.2. The second-order valence-corrected chi connectivity index (χ2v) is 3.97. The minimum Gasteiger partial charge on any atom is -0.410 e. The highest BCUT2D eigenvalue weighted by molar-refractivity contribution is 9.10. The normalized spacial score (nSPS) is 12.3. The largest absolute Gasteiger partial charge is 0.410 e. The fraction of sp³-hybridized carbons (Fsp3) is 0. The molecule has 0 bridgehead atoms. The lowest BCUT2D eigenvalue weighted by Gasteiger charge is -1.95. The zero-order valence-corrected chi connectivity index (χ0v) is 9.30. The number of halogens is 2. The standard InChI is InChI=1S/C9H6BrClN2O/c10-7-3-1-2-5-6(9(11)13-14)4-12-8(5)7/h1-4,12,14H/b13-9-. The number of hydrogen-bond acceptors (Lipinski definition) is 2. The van der Waals surface area contributed by atoms with Gasteiger partial charge in [0.15, 0.2) is 5.17 Å². The summed E-state index contributed by atoms with van der Waals surface area (Å²) in [6.45, 7) is 0. The third-order valence-electron chi connectivity index (χ3n) is 1.97. The SMILES string of the molecule is O/N=C(\Cl)c1c[nH]c2c(Br)cccc12. The van der Waals surface area contributed by atoms with Crippen molar-refractivity contribution in [1.82, 2.24) is 4.98 Å². The molecule has 0 unspecified atom stereocenters. The van der Waals surface area contributed by atoms with Crippen LogP contribution >= 0.6 is 27.5 Å². The predicted octanol–water partition coefficient (Wildman–Crippen LogP) is 3.31. The molecule has 0 amide bonds. The topological polar surface area (TPSA) is 48.4 Å². The van der Waals surface area contributed by atoms with Gasteiger partial charge in [-0.05, 0) is 22.0 Å². The van der Waals surface area contributed by atoms with Gasteiger partial charge < -0.3 is 10.2 Å². The second-order valence-electron chi connectivity index (χ2n) is 2.76. The lowest BCUT2D eigenvalue weighted by Crippen LogP contribution is -1.87. The Bertz CT molecular complexity index is 506. The van der Waals surface area contributed by atoms with Crippen LogP contribution < -0.4 is 0 Å². The highest BCUT2D eigenvalue weighted by atomic mass is 79.9. The maximum absolute atomic E-state index is 8.57. The Hall–Kier alpha value is -1.00. The van der Waals surface area contributed by atoms with Crippen LogP contribution in [-0.2, 0) is 0 Å². The Morgan fingerprint density at radius 1 is 1.50 bits per heavy atom. The minimum atomic E-state index is 0.0781. The fourth-order valence-electron chi connectivity index (χ4n) is 1.34. The number of nitrogens with one attached hydrogen (secondary N) is 1. The molecule has 2 rings (SSSR count). The van der Waals surface area contributed by atoms with Gasteiger partial charge in [0.05, 0.1) is 5.52 Å². The first kappa shape index (κ1) is 9.55. The van der Waals surface area contributed by atoms with Crippen LogP contribution in [0.25, 0.3) is 10.9 Å². The molecule has 2 N–H and O–H groups in total. The van der Waals surface area contributed by atoms with Crippen LogP contribution in [0.2, 0.25) is 0 Å². The molecule has 0 atom stereocenters. The summed E-state index contributed by atoms with van der Waals surface area (Å²) < 4.78 is 0.948. The molecule has 0 radical (unpaired) electrons. The molecule has 1 heterocycles. The van der Waals surface area contributed by atoms with Crippen LogP contribution in [0.1, 0.15) is 5.56 Å². The number of benzene rings is 1. The summed E-state index contributed by atoms with van der Waals surface area (Å²) in [7, 11) is 0. The number of H-pyrrole nitrogens is 1. The number of oxime groups is 1. The minimum absolute atomic E-state index is 0.0781. The zero-order chi connectivity index (χ0) is 10.1. The van der Waals surface area contributed by atoms with Gasteiger partial charge in [0, 0.05) is 21.6 Å². The van der Waals surface area contributed by atoms with Gasteiger partial charge in [-0.25, -0.2) is 0 Å². The van der Waals surface area contributed by atoms with Crippen LogP contribution in [0.15, 0.2) is 34.0 Å². The van der Waals surface area contributed by atoms with E-state index >= 15 is 0 Å². The third kappa shape index (κ3) is 1.40. The van der Waals surface area contributed by atoms with Gasteiger partial charge >= 0.3 is 0 Å². The molecule has 3 nitrogen and oxygen atoms in total. The zero-order valence-electron chi connectivity index (χ0n) is 6.96. The molecule has 0 aliphatic carbocycles. The third-order valence-corrected chi connectivity index (χ3v) is 2.91. The first-order chi connectivity index (χ1) is 6.74. The summed E-state index contributed by atoms with van der Waals surface area (Å²) in [5.74, 6) is 0. The van der Waals surface area contributed by atoms with Crippen LogP contribution in [0.5, 0.6) is 0 Å². The van der Waals surface area contributed by atoms with E-state index < -0.39 is 0 Å². The van der Waals surface area contributed by atoms with E-state index in [1.54, 1.807) is 6.20 Å². The molecule has 0 saturated heterocycles. The van der Waals surface area contributed by atoms with Crippen LogP contribution in [-0.4, -0.2) is 15.4 Å². The van der Waals surface area contributed by atoms with Gasteiger partial charge in [0.2, 0.25) is 0 Å². The number of hydrogen-bond donors (Lipinski definition) is 2. The second kappa shape index (κ2) is 3.63. The van der Waals surface area contributed by atoms with Crippen molar-refractivity contribution < 1.29 is 5.21 Å². The summed E-state index contributed by atoms with van der Waals surface area (Å²) in [4.78, 5) is 3.05. The number of nitrogens with zero attached hydrogens (tertiary/aromatic N) is 1. The van der Waals surface area contributed by atoms with Gasteiger partial charge in [-0.2, -0.15) is 0 Å². The Labute approximate surface area is 93.5 Å². The van der Waals surface area contributed by atoms with Crippen LogP contribution in [0, 0.1) is 0 Å². The van der Waals surface area contributed by atoms with Gasteiger partial charge in [0.1, 0.15) is 0 Å². The Kier molecular flexibility index (Phi) is 2.48. The molecular formula is C9H6BrClN2O. The average Bonchev–Trinajstić information content (AvgIpc) is 2.62. The number of aromatic amines is 1. The first-order valence-corrected chi connectivity index (χ1v) is 5.04. The van der Waals surface area contributed by atoms with Crippen molar-refractivity contribution in [2.45, 2.75) is 0 Å². The van der Waals surface area contributed by atoms with Crippen LogP contribution in [0.4, 0.5) is 0 Å². The van der Waals surface area contributed by atoms with E-state index in [9.17, 15) is 0 Å². The van der Waals surface area contributed by atoms with Crippen molar-refractivity contribution in [3.05, 3.63) is 34.4 Å². The molecule has 0 saturated carbocycles. The van der Waals surface area contributed by atoms with Crippen molar-refractivity contribution in [3.8, 4) is 0 Å². The molecule has 2 aromatic rings. The molecule has 5 heteroatoms. The van der Waals surface area contributed by atoms with Crippen LogP contribution in [0.3, 0.4) is 0 Å². The number of para-hydroxylation sites is 1. The highest BCUT2D eigenvalue weighted by Crippen LogP contribution is 2.26. The summed E-state index contributed by atoms with van der Waals surface area (Å²) in [6.07, 6.45) is 1.71. The fourth-order valence-corrected chi connectivity index (χ4v) is 1.98. The molecule has 1 aromatic carbocycles. The predicted molar refractivity (Wildman–Crippen MR) is 60.2 cm³/mol. The summed E-state index contributed by atoms with van der Waals surface area (Å²) in [5.41, 5.74) is 1.62. The quantitative estimate of drug-likeness (QED) is 0.467. The summed E-state index contributed by atoms with van der Waals surface area (Å²) >= 11 is 9.13. The average molecular weight is 274 g/mol. The lowest BCUT2D eigenvalue weighted by molar-refractivity contribution is 0.321. The van der Waals surface area contributed by atoms with E-state index in [4.69, 9.17) is 16.8 Å². The Morgan fingerprint density at radius 2 is 2.29 bits per heavy atom. The van der Waals surface area contributed by atoms with Gasteiger partial charge in [-0.15, -0.1) is 0 Å². The van der Waals surface area contributed by atoms with E-state index in [0.29, 0.717) is 5.56 Å². The van der Waals surface area contributed by atoms with Crippen molar-refractivity contribution in [3.63, 3.8) is 0 Å². The molecular weight excluding hydrogens is 267 g/mol. The van der Waals surface area contributed by atoms with E-state index in [2.05, 4.69) is 26.1 Å². The van der Waals surface area contributed by atoms with Crippen molar-refractivity contribution in [1.29, 1.82) is 0 Å². The maximum atomic E-state index is 8.57. The molecule has 1 aromatic heterocycles. The molecule has 14 heavy (non-hydrogen) atoms. The van der Waals surface area contributed by atoms with E-state index in [-0.39, 0.29) is 5.17 Å². The molecule has 0 spiro atoms. The molecule has 0 aliphatic heterocycles. The number of rotatable bonds is 1. The van der Waals surface area contributed by atoms with E-state index in [1.165, 1.54) is 0 Å². The summed E-state index contributed by atoms with van der Waals surface area (Å²) in [6, 6.07) is 5.72. The van der Waals surface area contributed by atoms with Crippen molar-refractivity contribution >= 4 is 43.6 Å². The number of aromatic nitrogens is 1. The Balaban J connectivity index is 2.76. The number of fused-ring (bicyclic) bond motifs is 1. The first-order valence-electron chi connectivity index (χ1n) is 3.87. The van der Waals surface area contributed by atoms with E-state index in [1.807, 2.05) is 18.2 Å². The summed E-state index contributed by atoms with van der Waals surface area (Å²) in [5, 5.41) is 12.5. The van der Waals surface area contributed by atoms with Gasteiger partial charge in [-0.3, -0.25) is 0 Å². The van der Waals surface area contributed by atoms with Crippen molar-refractivity contribution in [2.24, 2.45) is 5.16 Å². The van der Waals surface area contributed by atoms with Crippen molar-refractivity contribution in [2.75, 3.05) is 0 Å². The Morgan fingerprint density at radius 3 is 3.00 bits per heavy atom. The van der Waals surface area contributed by atoms with Gasteiger partial charge in [0.25, 0.3) is 0 Å². The van der Waals surface area contributed by atoms with Gasteiger partial charge in [-0.1, -0.05) is 28.9 Å². The molecule has 72 valence electrons. The molecule has 0 fully saturated rings. The smallest absolute Gasteiger partial charge is 0.177 e. The van der Waals surface area contributed by atoms with E-state index in [0.717, 1.165) is 15.4 Å². The maximum Gasteiger partial charge on any atom is 0.177 e. The highest BCUT2D eigenvalue weighted by Gasteiger charge is 2.09.